The molecular formula is C19H16N4O3. The largest absolute Gasteiger partial charge is 0.345 e. The average molecular weight is 348 g/mol. The molecule has 1 aromatic heterocycles. The lowest BCUT2D eigenvalue weighted by atomic mass is 10.0. The van der Waals surface area contributed by atoms with Crippen molar-refractivity contribution < 1.29 is 14.8 Å². The number of aromatic nitrogens is 2. The summed E-state index contributed by atoms with van der Waals surface area (Å²) in [5.74, 6) is -0.0605. The lowest BCUT2D eigenvalue weighted by molar-refractivity contribution is -0.125. The molecule has 1 heterocycles. The Bertz CT molecular complexity index is 1020. The summed E-state index contributed by atoms with van der Waals surface area (Å²) in [7, 11) is 0. The molecule has 3 aromatic rings. The molecule has 0 unspecified atom stereocenters. The van der Waals surface area contributed by atoms with Gasteiger partial charge < -0.3 is 10.3 Å². The zero-order valence-electron chi connectivity index (χ0n) is 13.7. The summed E-state index contributed by atoms with van der Waals surface area (Å²) in [5, 5.41) is 11.6. The number of H-pyrrole nitrogens is 1. The van der Waals surface area contributed by atoms with Gasteiger partial charge in [0.25, 0.3) is 11.8 Å². The first-order chi connectivity index (χ1) is 12.6. The molecule has 0 atom stereocenters. The first-order valence-electron chi connectivity index (χ1n) is 8.14. The number of fused-ring (bicyclic) bond motifs is 2. The van der Waals surface area contributed by atoms with E-state index >= 15 is 0 Å². The van der Waals surface area contributed by atoms with E-state index < -0.39 is 5.91 Å². The Hall–Kier alpha value is -3.45. The first kappa shape index (κ1) is 16.0. The maximum Gasteiger partial charge on any atom is 0.270 e. The zero-order chi connectivity index (χ0) is 18.1. The van der Waals surface area contributed by atoms with Gasteiger partial charge in [0.05, 0.1) is 17.6 Å². The van der Waals surface area contributed by atoms with E-state index in [4.69, 9.17) is 5.21 Å². The Morgan fingerprint density at radius 2 is 2.00 bits per heavy atom. The fourth-order valence-corrected chi connectivity index (χ4v) is 3.06. The summed E-state index contributed by atoms with van der Waals surface area (Å²) in [5.41, 5.74) is 6.14. The molecule has 0 aliphatic heterocycles. The smallest absolute Gasteiger partial charge is 0.270 e. The van der Waals surface area contributed by atoms with Gasteiger partial charge in [-0.05, 0) is 41.5 Å². The molecule has 4 rings (SSSR count). The second kappa shape index (κ2) is 6.45. The second-order valence-electron chi connectivity index (χ2n) is 6.08. The molecule has 0 saturated heterocycles. The van der Waals surface area contributed by atoms with Crippen LogP contribution in [0.2, 0.25) is 0 Å². The number of para-hydroxylation sites is 2. The lowest BCUT2D eigenvalue weighted by Crippen LogP contribution is -2.23. The van der Waals surface area contributed by atoms with Crippen LogP contribution in [0.1, 0.15) is 27.3 Å². The van der Waals surface area contributed by atoms with Crippen LogP contribution in [0.5, 0.6) is 0 Å². The number of nitrogens with one attached hydrogen (secondary N) is 3. The third kappa shape index (κ3) is 2.96. The van der Waals surface area contributed by atoms with Crippen molar-refractivity contribution in [2.45, 2.75) is 13.0 Å². The minimum atomic E-state index is -0.530. The van der Waals surface area contributed by atoms with Gasteiger partial charge >= 0.3 is 0 Å². The van der Waals surface area contributed by atoms with Crippen LogP contribution in [0.25, 0.3) is 17.1 Å². The number of carbonyl (C=O) groups excluding carboxylic acids is 2. The molecule has 0 fully saturated rings. The number of carbonyl (C=O) groups is 2. The van der Waals surface area contributed by atoms with Crippen molar-refractivity contribution in [1.82, 2.24) is 20.8 Å². The molecule has 1 aliphatic rings. The number of rotatable bonds is 4. The van der Waals surface area contributed by atoms with Gasteiger partial charge in [0.1, 0.15) is 5.82 Å². The molecule has 130 valence electrons. The predicted octanol–water partition coefficient (Wildman–Crippen LogP) is 1.94. The molecule has 0 spiro atoms. The topological polar surface area (TPSA) is 107 Å². The van der Waals surface area contributed by atoms with Crippen molar-refractivity contribution >= 4 is 28.9 Å². The minimum absolute atomic E-state index is 0.215. The molecular weight excluding hydrogens is 332 g/mol. The molecule has 2 aromatic carbocycles. The van der Waals surface area contributed by atoms with Crippen LogP contribution in [0, 0.1) is 0 Å². The Balaban J connectivity index is 1.44. The fraction of sp³-hybridized carbons (Fsp3) is 0.105. The Morgan fingerprint density at radius 3 is 2.81 bits per heavy atom. The van der Waals surface area contributed by atoms with Gasteiger partial charge in [0.2, 0.25) is 0 Å². The molecule has 7 nitrogen and oxygen atoms in total. The van der Waals surface area contributed by atoms with Crippen molar-refractivity contribution in [2.24, 2.45) is 0 Å². The maximum atomic E-state index is 12.4. The monoisotopic (exact) mass is 348 g/mol. The molecule has 0 radical (unpaired) electrons. The number of benzene rings is 2. The van der Waals surface area contributed by atoms with Crippen LogP contribution < -0.4 is 10.8 Å². The van der Waals surface area contributed by atoms with E-state index in [2.05, 4.69) is 15.3 Å². The summed E-state index contributed by atoms with van der Waals surface area (Å²) in [6.45, 7) is 0.293. The van der Waals surface area contributed by atoms with Crippen molar-refractivity contribution in [3.63, 3.8) is 0 Å². The van der Waals surface area contributed by atoms with Crippen LogP contribution >= 0.6 is 0 Å². The van der Waals surface area contributed by atoms with Crippen molar-refractivity contribution in [1.29, 1.82) is 0 Å². The Morgan fingerprint density at radius 1 is 1.15 bits per heavy atom. The van der Waals surface area contributed by atoms with Gasteiger partial charge in [-0.25, -0.2) is 10.5 Å². The minimum Gasteiger partial charge on any atom is -0.345 e. The second-order valence-corrected chi connectivity index (χ2v) is 6.08. The molecule has 4 N–H and O–H groups in total. The number of hydroxylamine groups is 1. The van der Waals surface area contributed by atoms with Crippen molar-refractivity contribution in [2.75, 3.05) is 0 Å². The molecule has 0 saturated carbocycles. The maximum absolute atomic E-state index is 12.4. The quantitative estimate of drug-likeness (QED) is 0.427. The van der Waals surface area contributed by atoms with Gasteiger partial charge in [-0.2, -0.15) is 0 Å². The highest BCUT2D eigenvalue weighted by molar-refractivity contribution is 6.00. The number of imidazole rings is 1. The highest BCUT2D eigenvalue weighted by atomic mass is 16.5. The third-order valence-corrected chi connectivity index (χ3v) is 4.36. The van der Waals surface area contributed by atoms with Gasteiger partial charge in [-0.1, -0.05) is 18.2 Å². The molecule has 1 aliphatic carbocycles. The number of hydrogen-bond donors (Lipinski definition) is 4. The van der Waals surface area contributed by atoms with E-state index in [1.807, 2.05) is 24.3 Å². The summed E-state index contributed by atoms with van der Waals surface area (Å²) in [6.07, 6.45) is 2.09. The first-order valence-corrected chi connectivity index (χ1v) is 8.14. The van der Waals surface area contributed by atoms with E-state index in [-0.39, 0.29) is 5.91 Å². The predicted molar refractivity (Wildman–Crippen MR) is 95.3 cm³/mol. The summed E-state index contributed by atoms with van der Waals surface area (Å²) in [4.78, 5) is 31.5. The molecule has 26 heavy (non-hydrogen) atoms. The highest BCUT2D eigenvalue weighted by Gasteiger charge is 2.19. The van der Waals surface area contributed by atoms with Crippen LogP contribution in [-0.4, -0.2) is 27.0 Å². The van der Waals surface area contributed by atoms with Crippen LogP contribution in [0.3, 0.4) is 0 Å². The Kier molecular flexibility index (Phi) is 3.98. The molecule has 7 heteroatoms. The summed E-state index contributed by atoms with van der Waals surface area (Å²) in [6, 6.07) is 12.9. The number of aromatic amines is 1. The molecule has 0 bridgehead atoms. The molecule has 2 amide bonds. The van der Waals surface area contributed by atoms with Crippen LogP contribution in [-0.2, 0) is 17.8 Å². The van der Waals surface area contributed by atoms with Gasteiger partial charge in [-0.3, -0.25) is 14.8 Å². The van der Waals surface area contributed by atoms with Crippen molar-refractivity contribution in [3.8, 4) is 0 Å². The van der Waals surface area contributed by atoms with E-state index in [1.165, 1.54) is 0 Å². The summed E-state index contributed by atoms with van der Waals surface area (Å²) < 4.78 is 0. The van der Waals surface area contributed by atoms with Gasteiger partial charge in [0, 0.05) is 17.6 Å². The average Bonchev–Trinajstić information content (AvgIpc) is 3.28. The van der Waals surface area contributed by atoms with Crippen LogP contribution in [0.15, 0.2) is 48.0 Å². The van der Waals surface area contributed by atoms with Crippen LogP contribution in [0.4, 0.5) is 0 Å². The van der Waals surface area contributed by atoms with Crippen molar-refractivity contribution in [3.05, 3.63) is 70.6 Å². The van der Waals surface area contributed by atoms with Gasteiger partial charge in [0.15, 0.2) is 0 Å². The zero-order valence-corrected chi connectivity index (χ0v) is 13.7. The standard InChI is InChI=1S/C19H16N4O3/c24-18(20-10-17-21-15-3-1-2-4-16(15)22-17)12-6-5-11-7-14(19(25)23-26)9-13(11)8-12/h1-8,26H,9-10H2,(H,20,24)(H,21,22)(H,23,25). The van der Waals surface area contributed by atoms with E-state index in [0.29, 0.717) is 29.9 Å². The van der Waals surface area contributed by atoms with E-state index in [1.54, 1.807) is 29.8 Å². The SMILES string of the molecule is O=C(NO)C1=Cc2ccc(C(=O)NCc3nc4ccccc4[nH]3)cc2C1. The van der Waals surface area contributed by atoms with E-state index in [0.717, 1.165) is 22.2 Å². The lowest BCUT2D eigenvalue weighted by Gasteiger charge is -2.06. The third-order valence-electron chi connectivity index (χ3n) is 4.36. The Labute approximate surface area is 148 Å². The summed E-state index contributed by atoms with van der Waals surface area (Å²) >= 11 is 0. The number of hydrogen-bond acceptors (Lipinski definition) is 4. The van der Waals surface area contributed by atoms with E-state index in [9.17, 15) is 9.59 Å². The number of amides is 2. The number of nitrogens with zero attached hydrogens (tertiary/aromatic N) is 1. The normalized spacial score (nSPS) is 12.6. The fourth-order valence-electron chi connectivity index (χ4n) is 3.06. The van der Waals surface area contributed by atoms with Gasteiger partial charge in [-0.15, -0.1) is 0 Å². The highest BCUT2D eigenvalue weighted by Crippen LogP contribution is 2.26.